The van der Waals surface area contributed by atoms with Gasteiger partial charge in [-0.1, -0.05) is 13.8 Å². The average molecular weight is 281 g/mol. The summed E-state index contributed by atoms with van der Waals surface area (Å²) in [5.74, 6) is 0. The highest BCUT2D eigenvalue weighted by atomic mass is 32.1. The van der Waals surface area contributed by atoms with Crippen molar-refractivity contribution in [2.24, 2.45) is 0 Å². The summed E-state index contributed by atoms with van der Waals surface area (Å²) in [6, 6.07) is 2.81. The lowest BCUT2D eigenvalue weighted by atomic mass is 10.0. The van der Waals surface area contributed by atoms with Gasteiger partial charge in [-0.15, -0.1) is 11.3 Å². The number of nitrogens with one attached hydrogen (secondary N) is 1. The summed E-state index contributed by atoms with van der Waals surface area (Å²) >= 11 is 1.91. The van der Waals surface area contributed by atoms with Gasteiger partial charge in [-0.05, 0) is 62.1 Å². The van der Waals surface area contributed by atoms with E-state index in [0.717, 1.165) is 19.6 Å². The van der Waals surface area contributed by atoms with E-state index in [-0.39, 0.29) is 0 Å². The number of thiophene rings is 1. The minimum Gasteiger partial charge on any atom is -0.378 e. The van der Waals surface area contributed by atoms with Crippen LogP contribution >= 0.6 is 11.3 Å². The second-order valence-corrected chi connectivity index (χ2v) is 6.33. The molecule has 3 heteroatoms. The predicted octanol–water partition coefficient (Wildman–Crippen LogP) is 4.31. The van der Waals surface area contributed by atoms with Crippen LogP contribution in [0.5, 0.6) is 0 Å². The van der Waals surface area contributed by atoms with E-state index in [4.69, 9.17) is 4.74 Å². The van der Waals surface area contributed by atoms with Crippen LogP contribution in [0.4, 0.5) is 0 Å². The van der Waals surface area contributed by atoms with Crippen LogP contribution in [0, 0.1) is 0 Å². The van der Waals surface area contributed by atoms with Crippen molar-refractivity contribution in [2.45, 2.75) is 64.5 Å². The molecule has 1 aromatic rings. The maximum Gasteiger partial charge on any atom is 0.0576 e. The molecule has 19 heavy (non-hydrogen) atoms. The Morgan fingerprint density at radius 2 is 2.37 bits per heavy atom. The molecule has 0 radical (unpaired) electrons. The fourth-order valence-corrected chi connectivity index (χ4v) is 3.92. The molecule has 2 nitrogen and oxygen atoms in total. The van der Waals surface area contributed by atoms with E-state index < -0.39 is 0 Å². The van der Waals surface area contributed by atoms with E-state index >= 15 is 0 Å². The molecular weight excluding hydrogens is 254 g/mol. The zero-order valence-electron chi connectivity index (χ0n) is 12.3. The minimum atomic E-state index is 0.510. The lowest BCUT2D eigenvalue weighted by Gasteiger charge is -2.20. The van der Waals surface area contributed by atoms with Gasteiger partial charge >= 0.3 is 0 Å². The van der Waals surface area contributed by atoms with Gasteiger partial charge in [0.05, 0.1) is 6.10 Å². The molecule has 0 saturated carbocycles. The topological polar surface area (TPSA) is 21.3 Å². The van der Waals surface area contributed by atoms with Gasteiger partial charge in [0.1, 0.15) is 0 Å². The van der Waals surface area contributed by atoms with E-state index in [1.807, 2.05) is 11.3 Å². The van der Waals surface area contributed by atoms with E-state index in [1.165, 1.54) is 37.7 Å². The maximum atomic E-state index is 5.76. The van der Waals surface area contributed by atoms with Crippen molar-refractivity contribution in [3.63, 3.8) is 0 Å². The first-order valence-electron chi connectivity index (χ1n) is 7.76. The molecule has 0 amide bonds. The predicted molar refractivity (Wildman–Crippen MR) is 82.9 cm³/mol. The molecule has 1 saturated heterocycles. The van der Waals surface area contributed by atoms with Gasteiger partial charge < -0.3 is 10.1 Å². The molecule has 1 aromatic heterocycles. The largest absolute Gasteiger partial charge is 0.378 e. The first-order chi connectivity index (χ1) is 9.35. The Balaban J connectivity index is 1.94. The second kappa shape index (κ2) is 8.03. The van der Waals surface area contributed by atoms with Crippen molar-refractivity contribution in [1.29, 1.82) is 0 Å². The number of hydrogen-bond acceptors (Lipinski definition) is 3. The number of ether oxygens (including phenoxy) is 1. The quantitative estimate of drug-likeness (QED) is 0.766. The minimum absolute atomic E-state index is 0.510. The highest BCUT2D eigenvalue weighted by Crippen LogP contribution is 2.30. The average Bonchev–Trinajstić information content (AvgIpc) is 3.09. The third-order valence-electron chi connectivity index (χ3n) is 3.92. The Morgan fingerprint density at radius 1 is 1.47 bits per heavy atom. The Morgan fingerprint density at radius 3 is 3.05 bits per heavy atom. The molecule has 2 unspecified atom stereocenters. The number of aryl methyl sites for hydroxylation is 1. The smallest absolute Gasteiger partial charge is 0.0576 e. The summed E-state index contributed by atoms with van der Waals surface area (Å²) in [4.78, 5) is 1.55. The fraction of sp³-hybridized carbons (Fsp3) is 0.750. The molecule has 1 fully saturated rings. The fourth-order valence-electron chi connectivity index (χ4n) is 2.81. The highest BCUT2D eigenvalue weighted by Gasteiger charge is 2.20. The summed E-state index contributed by atoms with van der Waals surface area (Å²) in [5, 5.41) is 5.96. The number of rotatable bonds is 8. The number of hydrogen-bond donors (Lipinski definition) is 1. The first kappa shape index (κ1) is 15.0. The van der Waals surface area contributed by atoms with Gasteiger partial charge in [0.2, 0.25) is 0 Å². The molecule has 108 valence electrons. The Labute approximate surface area is 121 Å². The second-order valence-electron chi connectivity index (χ2n) is 5.38. The van der Waals surface area contributed by atoms with Crippen molar-refractivity contribution in [3.8, 4) is 0 Å². The zero-order valence-corrected chi connectivity index (χ0v) is 13.1. The van der Waals surface area contributed by atoms with Crippen molar-refractivity contribution in [2.75, 3.05) is 13.2 Å². The Bertz CT molecular complexity index is 357. The van der Waals surface area contributed by atoms with E-state index in [0.29, 0.717) is 12.1 Å². The monoisotopic (exact) mass is 281 g/mol. The van der Waals surface area contributed by atoms with Gasteiger partial charge in [-0.25, -0.2) is 0 Å². The van der Waals surface area contributed by atoms with Crippen LogP contribution in [0.1, 0.15) is 62.4 Å². The Hall–Kier alpha value is -0.380. The molecule has 0 aromatic carbocycles. The summed E-state index contributed by atoms with van der Waals surface area (Å²) in [7, 11) is 0. The van der Waals surface area contributed by atoms with Gasteiger partial charge in [0, 0.05) is 17.5 Å². The van der Waals surface area contributed by atoms with Crippen LogP contribution in [0.2, 0.25) is 0 Å². The lowest BCUT2D eigenvalue weighted by molar-refractivity contribution is 0.0996. The van der Waals surface area contributed by atoms with Crippen molar-refractivity contribution in [3.05, 3.63) is 21.9 Å². The van der Waals surface area contributed by atoms with E-state index in [2.05, 4.69) is 30.6 Å². The van der Waals surface area contributed by atoms with Crippen LogP contribution in [0.25, 0.3) is 0 Å². The van der Waals surface area contributed by atoms with Gasteiger partial charge in [-0.3, -0.25) is 0 Å². The third kappa shape index (κ3) is 4.30. The molecule has 1 aliphatic heterocycles. The zero-order chi connectivity index (χ0) is 13.5. The molecule has 2 heterocycles. The first-order valence-corrected chi connectivity index (χ1v) is 8.64. The molecule has 2 atom stereocenters. The van der Waals surface area contributed by atoms with Crippen LogP contribution in [0.3, 0.4) is 0 Å². The van der Waals surface area contributed by atoms with Gasteiger partial charge in [0.15, 0.2) is 0 Å². The van der Waals surface area contributed by atoms with E-state index in [9.17, 15) is 0 Å². The summed E-state index contributed by atoms with van der Waals surface area (Å²) < 4.78 is 5.76. The molecule has 1 aliphatic rings. The van der Waals surface area contributed by atoms with E-state index in [1.54, 1.807) is 4.88 Å². The molecular formula is C16H27NOS. The van der Waals surface area contributed by atoms with Crippen molar-refractivity contribution in [1.82, 2.24) is 5.32 Å². The van der Waals surface area contributed by atoms with Crippen LogP contribution in [0.15, 0.2) is 11.4 Å². The van der Waals surface area contributed by atoms with Crippen molar-refractivity contribution < 1.29 is 4.74 Å². The molecule has 2 rings (SSSR count). The van der Waals surface area contributed by atoms with Gasteiger partial charge in [-0.2, -0.15) is 0 Å². The van der Waals surface area contributed by atoms with Gasteiger partial charge in [0.25, 0.3) is 0 Å². The van der Waals surface area contributed by atoms with Crippen LogP contribution in [-0.4, -0.2) is 19.3 Å². The standard InChI is InChI=1S/C16H27NOS/c1-3-10-17-15(8-7-14-6-5-11-18-14)16-13(4-2)9-12-19-16/h9,12,14-15,17H,3-8,10-11H2,1-2H3. The molecule has 0 bridgehead atoms. The maximum absolute atomic E-state index is 5.76. The van der Waals surface area contributed by atoms with Crippen molar-refractivity contribution >= 4 is 11.3 Å². The van der Waals surface area contributed by atoms with Crippen LogP contribution < -0.4 is 5.32 Å². The highest BCUT2D eigenvalue weighted by molar-refractivity contribution is 7.10. The Kier molecular flexibility index (Phi) is 6.35. The summed E-state index contributed by atoms with van der Waals surface area (Å²) in [6.45, 7) is 6.57. The third-order valence-corrected chi connectivity index (χ3v) is 4.99. The summed E-state index contributed by atoms with van der Waals surface area (Å²) in [6.07, 6.45) is 7.76. The molecule has 1 N–H and O–H groups in total. The molecule has 0 aliphatic carbocycles. The SMILES string of the molecule is CCCNC(CCC1CCCO1)c1sccc1CC. The normalized spacial score (nSPS) is 20.8. The molecule has 0 spiro atoms. The van der Waals surface area contributed by atoms with Crippen LogP contribution in [-0.2, 0) is 11.2 Å². The lowest BCUT2D eigenvalue weighted by Crippen LogP contribution is -2.23. The summed E-state index contributed by atoms with van der Waals surface area (Å²) in [5.41, 5.74) is 1.52.